The fraction of sp³-hybridized carbons (Fsp3) is 0.310. The molecule has 192 valence electrons. The molecule has 7 nitrogen and oxygen atoms in total. The summed E-state index contributed by atoms with van der Waals surface area (Å²) in [5, 5.41) is 3.50. The van der Waals surface area contributed by atoms with Gasteiger partial charge in [-0.1, -0.05) is 29.8 Å². The minimum Gasteiger partial charge on any atom is -0.495 e. The molecule has 2 aliphatic rings. The van der Waals surface area contributed by atoms with Crippen LogP contribution in [0.25, 0.3) is 0 Å². The number of carbonyl (C=O) groups is 2. The van der Waals surface area contributed by atoms with Crippen LogP contribution in [0.2, 0.25) is 5.02 Å². The average Bonchev–Trinajstić information content (AvgIpc) is 2.89. The van der Waals surface area contributed by atoms with E-state index in [1.807, 2.05) is 44.2 Å². The summed E-state index contributed by atoms with van der Waals surface area (Å²) < 4.78 is 17.2. The third-order valence-electron chi connectivity index (χ3n) is 6.89. The van der Waals surface area contributed by atoms with Crippen molar-refractivity contribution < 1.29 is 23.8 Å². The second-order valence-electron chi connectivity index (χ2n) is 8.96. The summed E-state index contributed by atoms with van der Waals surface area (Å²) in [6, 6.07) is 15.8. The molecular formula is C29H29ClN2O5. The molecule has 3 aromatic carbocycles. The van der Waals surface area contributed by atoms with Gasteiger partial charge in [-0.3, -0.25) is 9.59 Å². The first kappa shape index (κ1) is 25.0. The van der Waals surface area contributed by atoms with Crippen molar-refractivity contribution in [2.24, 2.45) is 0 Å². The minimum absolute atomic E-state index is 0.0810. The van der Waals surface area contributed by atoms with Crippen molar-refractivity contribution in [2.45, 2.75) is 32.2 Å². The molecule has 0 saturated carbocycles. The van der Waals surface area contributed by atoms with Crippen LogP contribution in [0.3, 0.4) is 0 Å². The van der Waals surface area contributed by atoms with Crippen LogP contribution in [-0.2, 0) is 11.2 Å². The van der Waals surface area contributed by atoms with Gasteiger partial charge in [0.05, 0.1) is 38.0 Å². The fourth-order valence-electron chi connectivity index (χ4n) is 5.34. The molecule has 0 saturated heterocycles. The number of anilines is 1. The van der Waals surface area contributed by atoms with Crippen LogP contribution in [0.1, 0.15) is 52.9 Å². The average molecular weight is 521 g/mol. The largest absolute Gasteiger partial charge is 0.495 e. The Morgan fingerprint density at radius 2 is 1.73 bits per heavy atom. The van der Waals surface area contributed by atoms with Crippen LogP contribution in [0.15, 0.2) is 54.6 Å². The van der Waals surface area contributed by atoms with Crippen LogP contribution in [0.4, 0.5) is 5.69 Å². The molecule has 0 unspecified atom stereocenters. The van der Waals surface area contributed by atoms with Crippen LogP contribution >= 0.6 is 11.6 Å². The molecule has 2 heterocycles. The molecule has 2 aliphatic heterocycles. The van der Waals surface area contributed by atoms with Crippen LogP contribution in [0.5, 0.6) is 17.2 Å². The van der Waals surface area contributed by atoms with Gasteiger partial charge in [0, 0.05) is 17.1 Å². The Labute approximate surface area is 221 Å². The Morgan fingerprint density at radius 3 is 2.46 bits per heavy atom. The van der Waals surface area contributed by atoms with Gasteiger partial charge in [0.2, 0.25) is 5.91 Å². The molecule has 3 aromatic rings. The highest BCUT2D eigenvalue weighted by Gasteiger charge is 2.46. The summed E-state index contributed by atoms with van der Waals surface area (Å²) in [5.74, 6) is 0.774. The number of hydrogen-bond donors (Lipinski definition) is 1. The molecule has 0 radical (unpaired) electrons. The van der Waals surface area contributed by atoms with Gasteiger partial charge >= 0.3 is 0 Å². The maximum Gasteiger partial charge on any atom is 0.254 e. The Bertz CT molecular complexity index is 1360. The summed E-state index contributed by atoms with van der Waals surface area (Å²) in [4.78, 5) is 29.5. The van der Waals surface area contributed by atoms with Crippen molar-refractivity contribution in [3.05, 3.63) is 81.9 Å². The lowest BCUT2D eigenvalue weighted by Gasteiger charge is -2.45. The summed E-state index contributed by atoms with van der Waals surface area (Å²) in [5.41, 5.74) is 3.62. The number of nitrogens with zero attached hydrogens (tertiary/aromatic N) is 1. The first-order valence-electron chi connectivity index (χ1n) is 12.4. The standard InChI is InChI=1S/C29H29ClN2O5/c1-4-36-24-14-17-12-13-32-27(21(17)16-25(24)37-5-2)26(19-8-6-7-9-20(19)29(32)34)28(33)31-22-15-18(30)10-11-23(22)35-3/h6-11,14-16,26-27H,4-5,12-13H2,1-3H3,(H,31,33)/t26-,27-/m0/s1. The van der Waals surface area contributed by atoms with Crippen molar-refractivity contribution in [3.8, 4) is 17.2 Å². The highest BCUT2D eigenvalue weighted by atomic mass is 35.5. The summed E-state index contributed by atoms with van der Waals surface area (Å²) in [6.45, 7) is 5.31. The number of halogens is 1. The number of fused-ring (bicyclic) bond motifs is 4. The van der Waals surface area contributed by atoms with Gasteiger partial charge in [-0.15, -0.1) is 0 Å². The van der Waals surface area contributed by atoms with Gasteiger partial charge in [0.15, 0.2) is 11.5 Å². The molecule has 8 heteroatoms. The van der Waals surface area contributed by atoms with Gasteiger partial charge < -0.3 is 24.4 Å². The molecule has 0 spiro atoms. The van der Waals surface area contributed by atoms with E-state index in [2.05, 4.69) is 5.32 Å². The van der Waals surface area contributed by atoms with E-state index in [9.17, 15) is 9.59 Å². The number of amides is 2. The smallest absolute Gasteiger partial charge is 0.254 e. The minimum atomic E-state index is -0.663. The van der Waals surface area contributed by atoms with E-state index < -0.39 is 12.0 Å². The van der Waals surface area contributed by atoms with Gasteiger partial charge in [-0.2, -0.15) is 0 Å². The molecule has 5 rings (SSSR count). The number of methoxy groups -OCH3 is 1. The monoisotopic (exact) mass is 520 g/mol. The molecule has 37 heavy (non-hydrogen) atoms. The number of hydrogen-bond acceptors (Lipinski definition) is 5. The van der Waals surface area contributed by atoms with Crippen LogP contribution in [0, 0.1) is 0 Å². The third kappa shape index (κ3) is 4.48. The van der Waals surface area contributed by atoms with Crippen molar-refractivity contribution in [2.75, 3.05) is 32.2 Å². The number of ether oxygens (including phenoxy) is 3. The van der Waals surface area contributed by atoms with Crippen LogP contribution < -0.4 is 19.5 Å². The Balaban J connectivity index is 1.65. The Morgan fingerprint density at radius 1 is 1.00 bits per heavy atom. The Kier molecular flexibility index (Phi) is 6.98. The SMILES string of the molecule is CCOc1cc2c(cc1OCC)[C@H]1[C@@H](C(=O)Nc3cc(Cl)ccc3OC)c3ccccc3C(=O)N1CC2. The topological polar surface area (TPSA) is 77.1 Å². The van der Waals surface area contributed by atoms with E-state index >= 15 is 0 Å². The summed E-state index contributed by atoms with van der Waals surface area (Å²) in [6.07, 6.45) is 0.655. The van der Waals surface area contributed by atoms with E-state index in [4.69, 9.17) is 25.8 Å². The zero-order valence-corrected chi connectivity index (χ0v) is 21.8. The molecule has 1 N–H and O–H groups in total. The molecule has 0 fully saturated rings. The first-order valence-corrected chi connectivity index (χ1v) is 12.8. The zero-order chi connectivity index (χ0) is 26.1. The lowest BCUT2D eigenvalue weighted by Crippen LogP contribution is -2.49. The van der Waals surface area contributed by atoms with Crippen LogP contribution in [-0.4, -0.2) is 43.6 Å². The number of benzene rings is 3. The molecule has 2 amide bonds. The lowest BCUT2D eigenvalue weighted by molar-refractivity contribution is -0.119. The van der Waals surface area contributed by atoms with Crippen molar-refractivity contribution in [1.29, 1.82) is 0 Å². The predicted octanol–water partition coefficient (Wildman–Crippen LogP) is 5.62. The predicted molar refractivity (Wildman–Crippen MR) is 142 cm³/mol. The highest BCUT2D eigenvalue weighted by molar-refractivity contribution is 6.31. The van der Waals surface area contributed by atoms with E-state index in [0.29, 0.717) is 65.3 Å². The first-order chi connectivity index (χ1) is 18.0. The second kappa shape index (κ2) is 10.3. The summed E-state index contributed by atoms with van der Waals surface area (Å²) >= 11 is 6.22. The highest BCUT2D eigenvalue weighted by Crippen LogP contribution is 2.49. The van der Waals surface area contributed by atoms with Gasteiger partial charge in [-0.05, 0) is 73.4 Å². The zero-order valence-electron chi connectivity index (χ0n) is 21.0. The molecule has 0 aliphatic carbocycles. The van der Waals surface area contributed by atoms with E-state index in [-0.39, 0.29) is 11.8 Å². The maximum absolute atomic E-state index is 14.1. The number of carbonyl (C=O) groups excluding carboxylic acids is 2. The van der Waals surface area contributed by atoms with Gasteiger partial charge in [0.1, 0.15) is 5.75 Å². The molecule has 0 aromatic heterocycles. The number of nitrogens with one attached hydrogen (secondary N) is 1. The van der Waals surface area contributed by atoms with Gasteiger partial charge in [0.25, 0.3) is 5.91 Å². The van der Waals surface area contributed by atoms with Crippen molar-refractivity contribution >= 4 is 29.1 Å². The normalized spacial score (nSPS) is 17.8. The third-order valence-corrected chi connectivity index (χ3v) is 7.12. The maximum atomic E-state index is 14.1. The van der Waals surface area contributed by atoms with E-state index in [1.165, 1.54) is 7.11 Å². The van der Waals surface area contributed by atoms with Crippen molar-refractivity contribution in [1.82, 2.24) is 4.90 Å². The molecule has 0 bridgehead atoms. The molecule has 2 atom stereocenters. The Hall–Kier alpha value is -3.71. The lowest BCUT2D eigenvalue weighted by atomic mass is 9.75. The van der Waals surface area contributed by atoms with E-state index in [0.717, 1.165) is 11.1 Å². The fourth-order valence-corrected chi connectivity index (χ4v) is 5.51. The number of rotatable bonds is 7. The quantitative estimate of drug-likeness (QED) is 0.437. The second-order valence-corrected chi connectivity index (χ2v) is 9.39. The summed E-state index contributed by atoms with van der Waals surface area (Å²) in [7, 11) is 1.54. The van der Waals surface area contributed by atoms with E-state index in [1.54, 1.807) is 29.2 Å². The van der Waals surface area contributed by atoms with Crippen molar-refractivity contribution in [3.63, 3.8) is 0 Å². The molecular weight excluding hydrogens is 492 g/mol. The van der Waals surface area contributed by atoms with Gasteiger partial charge in [-0.25, -0.2) is 0 Å².